The summed E-state index contributed by atoms with van der Waals surface area (Å²) in [6, 6.07) is 15.1. The lowest BCUT2D eigenvalue weighted by Crippen LogP contribution is -2.11. The topological polar surface area (TPSA) is 42.0 Å². The third kappa shape index (κ3) is 4.94. The van der Waals surface area contributed by atoms with E-state index in [-0.39, 0.29) is 11.2 Å². The molecule has 8 heteroatoms. The van der Waals surface area contributed by atoms with E-state index in [9.17, 15) is 18.0 Å². The number of hydrogen-bond acceptors (Lipinski definition) is 4. The molecule has 1 N–H and O–H groups in total. The van der Waals surface area contributed by atoms with Gasteiger partial charge in [-0.05, 0) is 29.7 Å². The van der Waals surface area contributed by atoms with Crippen LogP contribution >= 0.6 is 23.1 Å². The van der Waals surface area contributed by atoms with Gasteiger partial charge in [0.05, 0.1) is 10.5 Å². The molecule has 0 radical (unpaired) electrons. The van der Waals surface area contributed by atoms with E-state index in [4.69, 9.17) is 0 Å². The molecule has 0 spiro atoms. The predicted octanol–water partition coefficient (Wildman–Crippen LogP) is 6.45. The number of hydrogen-bond donors (Lipinski definition) is 1. The molecule has 1 aliphatic heterocycles. The third-order valence-electron chi connectivity index (χ3n) is 4.62. The van der Waals surface area contributed by atoms with Gasteiger partial charge in [-0.25, -0.2) is 4.98 Å². The number of amides is 1. The summed E-state index contributed by atoms with van der Waals surface area (Å²) in [6.07, 6.45) is 0.496. The Morgan fingerprint density at radius 3 is 2.53 bits per heavy atom. The first-order valence-corrected chi connectivity index (χ1v) is 10.9. The van der Waals surface area contributed by atoms with Gasteiger partial charge in [-0.15, -0.1) is 23.1 Å². The van der Waals surface area contributed by atoms with Gasteiger partial charge in [-0.1, -0.05) is 48.5 Å². The number of alkyl halides is 3. The van der Waals surface area contributed by atoms with Crippen LogP contribution in [-0.4, -0.2) is 10.9 Å². The van der Waals surface area contributed by atoms with Crippen LogP contribution in [0, 0.1) is 0 Å². The number of halogens is 3. The van der Waals surface area contributed by atoms with Gasteiger partial charge in [0.15, 0.2) is 5.13 Å². The summed E-state index contributed by atoms with van der Waals surface area (Å²) in [5.74, 6) is -0.186. The van der Waals surface area contributed by atoms with E-state index in [1.165, 1.54) is 40.8 Å². The highest BCUT2D eigenvalue weighted by atomic mass is 32.2. The monoisotopic (exact) mass is 446 g/mol. The maximum absolute atomic E-state index is 12.7. The Kier molecular flexibility index (Phi) is 5.97. The molecule has 4 rings (SSSR count). The highest BCUT2D eigenvalue weighted by Gasteiger charge is 2.30. The molecule has 1 aromatic heterocycles. The Morgan fingerprint density at radius 2 is 1.83 bits per heavy atom. The number of nitrogens with zero attached hydrogens (tertiary/aromatic N) is 1. The minimum atomic E-state index is -4.34. The highest BCUT2D eigenvalue weighted by molar-refractivity contribution is 8.04. The van der Waals surface area contributed by atoms with E-state index >= 15 is 0 Å². The number of benzene rings is 2. The molecule has 0 bridgehead atoms. The van der Waals surface area contributed by atoms with Crippen molar-refractivity contribution in [1.82, 2.24) is 4.98 Å². The zero-order valence-electron chi connectivity index (χ0n) is 15.6. The Labute approximate surface area is 180 Å². The van der Waals surface area contributed by atoms with Crippen LogP contribution in [0.25, 0.3) is 0 Å². The summed E-state index contributed by atoms with van der Waals surface area (Å²) in [7, 11) is 0. The second kappa shape index (κ2) is 8.65. The van der Waals surface area contributed by atoms with Crippen LogP contribution in [-0.2, 0) is 17.4 Å². The molecule has 2 aromatic carbocycles. The minimum Gasteiger partial charge on any atom is -0.297 e. The Bertz CT molecular complexity index is 1060. The molecule has 0 saturated carbocycles. The van der Waals surface area contributed by atoms with Crippen molar-refractivity contribution >= 4 is 34.1 Å². The number of aromatic nitrogens is 1. The van der Waals surface area contributed by atoms with E-state index in [1.807, 2.05) is 24.3 Å². The first-order valence-electron chi connectivity index (χ1n) is 9.22. The smallest absolute Gasteiger partial charge is 0.297 e. The van der Waals surface area contributed by atoms with Gasteiger partial charge in [0.25, 0.3) is 5.91 Å². The summed E-state index contributed by atoms with van der Waals surface area (Å²) in [5.41, 5.74) is 1.28. The van der Waals surface area contributed by atoms with Crippen molar-refractivity contribution in [2.45, 2.75) is 24.3 Å². The minimum absolute atomic E-state index is 0.186. The molecular formula is C22H17F3N2OS2. The fourth-order valence-corrected chi connectivity index (χ4v) is 5.08. The zero-order valence-corrected chi connectivity index (χ0v) is 17.3. The van der Waals surface area contributed by atoms with Crippen molar-refractivity contribution in [1.29, 1.82) is 0 Å². The van der Waals surface area contributed by atoms with Gasteiger partial charge in [0.1, 0.15) is 0 Å². The number of carbonyl (C=O) groups is 1. The molecule has 0 saturated heterocycles. The molecule has 1 aliphatic rings. The molecule has 0 aliphatic carbocycles. The average Bonchev–Trinajstić information content (AvgIpc) is 3.38. The molecular weight excluding hydrogens is 429 g/mol. The van der Waals surface area contributed by atoms with E-state index in [0.29, 0.717) is 16.5 Å². The molecule has 0 fully saturated rings. The normalized spacial score (nSPS) is 16.4. The molecule has 3 aromatic rings. The van der Waals surface area contributed by atoms with E-state index in [1.54, 1.807) is 6.20 Å². The number of anilines is 1. The number of carbonyl (C=O) groups excluding carboxylic acids is 1. The van der Waals surface area contributed by atoms with Crippen LogP contribution in [0.15, 0.2) is 71.8 Å². The first-order chi connectivity index (χ1) is 14.4. The predicted molar refractivity (Wildman–Crippen MR) is 114 cm³/mol. The van der Waals surface area contributed by atoms with Crippen LogP contribution in [0.4, 0.5) is 18.3 Å². The fraction of sp³-hybridized carbons (Fsp3) is 0.182. The number of thioether (sulfide) groups is 1. The quantitative estimate of drug-likeness (QED) is 0.490. The van der Waals surface area contributed by atoms with Crippen molar-refractivity contribution in [2.24, 2.45) is 0 Å². The Balaban J connectivity index is 1.34. The van der Waals surface area contributed by atoms with Crippen LogP contribution < -0.4 is 5.32 Å². The van der Waals surface area contributed by atoms with E-state index in [0.717, 1.165) is 29.0 Å². The van der Waals surface area contributed by atoms with Gasteiger partial charge in [-0.2, -0.15) is 13.2 Å². The molecule has 2 heterocycles. The van der Waals surface area contributed by atoms with Crippen LogP contribution in [0.5, 0.6) is 0 Å². The van der Waals surface area contributed by atoms with Crippen molar-refractivity contribution in [2.75, 3.05) is 5.32 Å². The van der Waals surface area contributed by atoms with Crippen LogP contribution in [0.1, 0.15) is 33.2 Å². The van der Waals surface area contributed by atoms with Crippen molar-refractivity contribution in [3.63, 3.8) is 0 Å². The van der Waals surface area contributed by atoms with Crippen molar-refractivity contribution in [3.8, 4) is 0 Å². The summed E-state index contributed by atoms with van der Waals surface area (Å²) < 4.78 is 38.0. The molecule has 3 nitrogen and oxygen atoms in total. The second-order valence-corrected chi connectivity index (χ2v) is 9.14. The number of thiazole rings is 1. The summed E-state index contributed by atoms with van der Waals surface area (Å²) in [5, 5.41) is 3.53. The lowest BCUT2D eigenvalue weighted by molar-refractivity contribution is -0.137. The van der Waals surface area contributed by atoms with E-state index < -0.39 is 11.7 Å². The average molecular weight is 447 g/mol. The van der Waals surface area contributed by atoms with Gasteiger partial charge in [0.2, 0.25) is 0 Å². The largest absolute Gasteiger partial charge is 0.416 e. The summed E-state index contributed by atoms with van der Waals surface area (Å²) in [6.45, 7) is 0. The molecule has 1 atom stereocenters. The fourth-order valence-electron chi connectivity index (χ4n) is 3.10. The Hall–Kier alpha value is -2.58. The maximum atomic E-state index is 12.7. The SMILES string of the molecule is O=C(Nc1ncc(Cc2ccc(C(F)(F)F)cc2)s1)C1=CCC(c2ccccc2)S1. The summed E-state index contributed by atoms with van der Waals surface area (Å²) >= 11 is 2.86. The van der Waals surface area contributed by atoms with Crippen LogP contribution in [0.2, 0.25) is 0 Å². The molecule has 30 heavy (non-hydrogen) atoms. The standard InChI is InChI=1S/C22H17F3N2OS2/c23-22(24,25)16-8-6-14(7-9-16)12-17-13-26-21(29-17)27-20(28)19-11-10-18(30-19)15-4-2-1-3-5-15/h1-9,11,13,18H,10,12H2,(H,26,27,28). The lowest BCUT2D eigenvalue weighted by atomic mass is 10.1. The Morgan fingerprint density at radius 1 is 1.10 bits per heavy atom. The first kappa shape index (κ1) is 20.7. The van der Waals surface area contributed by atoms with Crippen LogP contribution in [0.3, 0.4) is 0 Å². The maximum Gasteiger partial charge on any atom is 0.416 e. The lowest BCUT2D eigenvalue weighted by Gasteiger charge is -2.09. The summed E-state index contributed by atoms with van der Waals surface area (Å²) in [4.78, 5) is 18.3. The van der Waals surface area contributed by atoms with Crippen molar-refractivity contribution in [3.05, 3.63) is 93.3 Å². The van der Waals surface area contributed by atoms with E-state index in [2.05, 4.69) is 22.4 Å². The highest BCUT2D eigenvalue weighted by Crippen LogP contribution is 2.44. The van der Waals surface area contributed by atoms with Gasteiger partial charge < -0.3 is 0 Å². The number of nitrogens with one attached hydrogen (secondary N) is 1. The third-order valence-corrected chi connectivity index (χ3v) is 6.88. The second-order valence-electron chi connectivity index (χ2n) is 6.78. The molecule has 1 amide bonds. The zero-order chi connectivity index (χ0) is 21.1. The number of rotatable bonds is 5. The molecule has 1 unspecified atom stereocenters. The van der Waals surface area contributed by atoms with Crippen molar-refractivity contribution < 1.29 is 18.0 Å². The van der Waals surface area contributed by atoms with Gasteiger partial charge >= 0.3 is 6.18 Å². The van der Waals surface area contributed by atoms with Gasteiger partial charge in [0, 0.05) is 22.7 Å². The van der Waals surface area contributed by atoms with Gasteiger partial charge in [-0.3, -0.25) is 10.1 Å². The molecule has 154 valence electrons. The number of allylic oxidation sites excluding steroid dienone is 1.